The van der Waals surface area contributed by atoms with Crippen molar-refractivity contribution in [2.24, 2.45) is 0 Å². The Hall–Kier alpha value is -1.58. The number of unbranched alkanes of at least 4 members (excludes halogenated alkanes) is 1. The van der Waals surface area contributed by atoms with E-state index in [1.807, 2.05) is 23.1 Å². The molecule has 110 valence electrons. The van der Waals surface area contributed by atoms with Crippen molar-refractivity contribution in [3.63, 3.8) is 0 Å². The number of anilines is 1. The third-order valence-corrected chi connectivity index (χ3v) is 3.53. The van der Waals surface area contributed by atoms with Crippen LogP contribution in [0.5, 0.6) is 0 Å². The Bertz CT molecular complexity index is 443. The van der Waals surface area contributed by atoms with Crippen LogP contribution in [0.1, 0.15) is 56.4 Å². The van der Waals surface area contributed by atoms with E-state index in [9.17, 15) is 4.79 Å². The summed E-state index contributed by atoms with van der Waals surface area (Å²) in [6.07, 6.45) is 5.51. The summed E-state index contributed by atoms with van der Waals surface area (Å²) < 4.78 is 0. The van der Waals surface area contributed by atoms with E-state index in [1.54, 1.807) is 0 Å². The molecule has 0 radical (unpaired) electrons. The molecule has 0 saturated heterocycles. The van der Waals surface area contributed by atoms with Crippen LogP contribution in [0.2, 0.25) is 0 Å². The first-order valence-corrected chi connectivity index (χ1v) is 7.78. The van der Waals surface area contributed by atoms with Gasteiger partial charge in [0.2, 0.25) is 0 Å². The average Bonchev–Trinajstić information content (AvgIpc) is 3.30. The average molecular weight is 275 g/mol. The van der Waals surface area contributed by atoms with Crippen molar-refractivity contribution in [3.8, 4) is 0 Å². The second kappa shape index (κ2) is 7.27. The number of rotatable bonds is 8. The number of pyridine rings is 1. The summed E-state index contributed by atoms with van der Waals surface area (Å²) in [6, 6.07) is 6.09. The molecule has 1 N–H and O–H groups in total. The molecule has 0 atom stereocenters. The van der Waals surface area contributed by atoms with Crippen molar-refractivity contribution >= 4 is 11.7 Å². The van der Waals surface area contributed by atoms with E-state index in [1.165, 1.54) is 0 Å². The van der Waals surface area contributed by atoms with Crippen molar-refractivity contribution in [2.75, 3.05) is 18.4 Å². The zero-order valence-electron chi connectivity index (χ0n) is 12.6. The number of hydrogen-bond acceptors (Lipinski definition) is 3. The largest absolute Gasteiger partial charge is 0.370 e. The Morgan fingerprint density at radius 3 is 2.80 bits per heavy atom. The highest BCUT2D eigenvalue weighted by molar-refractivity contribution is 5.93. The van der Waals surface area contributed by atoms with Crippen LogP contribution in [0.3, 0.4) is 0 Å². The fraction of sp³-hybridized carbons (Fsp3) is 0.625. The lowest BCUT2D eigenvalue weighted by atomic mass is 10.2. The van der Waals surface area contributed by atoms with Crippen LogP contribution in [-0.4, -0.2) is 34.9 Å². The molecule has 1 heterocycles. The summed E-state index contributed by atoms with van der Waals surface area (Å²) >= 11 is 0. The zero-order valence-corrected chi connectivity index (χ0v) is 12.6. The highest BCUT2D eigenvalue weighted by Gasteiger charge is 2.33. The molecule has 4 nitrogen and oxygen atoms in total. The summed E-state index contributed by atoms with van der Waals surface area (Å²) in [5.74, 6) is 0.880. The van der Waals surface area contributed by atoms with Gasteiger partial charge in [0, 0.05) is 19.1 Å². The van der Waals surface area contributed by atoms with Gasteiger partial charge in [-0.15, -0.1) is 0 Å². The molecule has 20 heavy (non-hydrogen) atoms. The number of nitrogens with zero attached hydrogens (tertiary/aromatic N) is 2. The maximum absolute atomic E-state index is 12.6. The SMILES string of the molecule is CCCCN(C(=O)c1cccc(NCCC)n1)C1CC1. The maximum atomic E-state index is 12.6. The third kappa shape index (κ3) is 3.95. The lowest BCUT2D eigenvalue weighted by Crippen LogP contribution is -2.34. The van der Waals surface area contributed by atoms with Crippen molar-refractivity contribution in [1.82, 2.24) is 9.88 Å². The van der Waals surface area contributed by atoms with Crippen LogP contribution in [-0.2, 0) is 0 Å². The maximum Gasteiger partial charge on any atom is 0.272 e. The number of aromatic nitrogens is 1. The van der Waals surface area contributed by atoms with Gasteiger partial charge in [0.25, 0.3) is 5.91 Å². The van der Waals surface area contributed by atoms with Crippen LogP contribution < -0.4 is 5.32 Å². The molecule has 1 amide bonds. The molecule has 1 aromatic heterocycles. The van der Waals surface area contributed by atoms with Gasteiger partial charge in [-0.05, 0) is 37.8 Å². The molecule has 1 aliphatic carbocycles. The van der Waals surface area contributed by atoms with Gasteiger partial charge in [-0.25, -0.2) is 4.98 Å². The van der Waals surface area contributed by atoms with E-state index in [4.69, 9.17) is 0 Å². The first kappa shape index (κ1) is 14.8. The molecule has 1 aliphatic rings. The molecule has 1 fully saturated rings. The second-order valence-corrected chi connectivity index (χ2v) is 5.42. The number of amides is 1. The molecule has 4 heteroatoms. The summed E-state index contributed by atoms with van der Waals surface area (Å²) in [6.45, 7) is 6.01. The van der Waals surface area contributed by atoms with Crippen LogP contribution >= 0.6 is 0 Å². The summed E-state index contributed by atoms with van der Waals surface area (Å²) in [5, 5.41) is 3.23. The van der Waals surface area contributed by atoms with Crippen LogP contribution in [0.15, 0.2) is 18.2 Å². The minimum absolute atomic E-state index is 0.0844. The predicted octanol–water partition coefficient (Wildman–Crippen LogP) is 3.31. The molecule has 0 unspecified atom stereocenters. The fourth-order valence-corrected chi connectivity index (χ4v) is 2.22. The van der Waals surface area contributed by atoms with E-state index in [2.05, 4.69) is 24.1 Å². The first-order valence-electron chi connectivity index (χ1n) is 7.78. The number of carbonyl (C=O) groups excluding carboxylic acids is 1. The quantitative estimate of drug-likeness (QED) is 0.791. The lowest BCUT2D eigenvalue weighted by molar-refractivity contribution is 0.0735. The topological polar surface area (TPSA) is 45.2 Å². The van der Waals surface area contributed by atoms with Gasteiger partial charge in [-0.2, -0.15) is 0 Å². The number of hydrogen-bond donors (Lipinski definition) is 1. The summed E-state index contributed by atoms with van der Waals surface area (Å²) in [4.78, 5) is 19.1. The fourth-order valence-electron chi connectivity index (χ4n) is 2.22. The second-order valence-electron chi connectivity index (χ2n) is 5.42. The van der Waals surface area contributed by atoms with Gasteiger partial charge in [-0.3, -0.25) is 4.79 Å². The van der Waals surface area contributed by atoms with Gasteiger partial charge >= 0.3 is 0 Å². The normalized spacial score (nSPS) is 14.1. The highest BCUT2D eigenvalue weighted by atomic mass is 16.2. The number of nitrogens with one attached hydrogen (secondary N) is 1. The Kier molecular flexibility index (Phi) is 5.39. The van der Waals surface area contributed by atoms with Gasteiger partial charge < -0.3 is 10.2 Å². The van der Waals surface area contributed by atoms with Crippen LogP contribution in [0.4, 0.5) is 5.82 Å². The van der Waals surface area contributed by atoms with E-state index in [0.29, 0.717) is 11.7 Å². The molecule has 1 saturated carbocycles. The van der Waals surface area contributed by atoms with Crippen molar-refractivity contribution in [3.05, 3.63) is 23.9 Å². The van der Waals surface area contributed by atoms with Gasteiger partial charge in [-0.1, -0.05) is 26.3 Å². The van der Waals surface area contributed by atoms with E-state index < -0.39 is 0 Å². The molecular weight excluding hydrogens is 250 g/mol. The summed E-state index contributed by atoms with van der Waals surface area (Å²) in [5.41, 5.74) is 0.564. The number of carbonyl (C=O) groups is 1. The molecule has 2 rings (SSSR count). The monoisotopic (exact) mass is 275 g/mol. The van der Waals surface area contributed by atoms with Crippen molar-refractivity contribution in [2.45, 2.75) is 52.0 Å². The van der Waals surface area contributed by atoms with E-state index >= 15 is 0 Å². The predicted molar refractivity (Wildman–Crippen MR) is 82.0 cm³/mol. The molecular formula is C16H25N3O. The molecule has 1 aromatic rings. The first-order chi connectivity index (χ1) is 9.76. The Morgan fingerprint density at radius 2 is 2.15 bits per heavy atom. The van der Waals surface area contributed by atoms with Crippen molar-refractivity contribution < 1.29 is 4.79 Å². The molecule has 0 aromatic carbocycles. The standard InChI is InChI=1S/C16H25N3O/c1-3-5-12-19(13-9-10-13)16(20)14-7-6-8-15(18-14)17-11-4-2/h6-8,13H,3-5,9-12H2,1-2H3,(H,17,18). The van der Waals surface area contributed by atoms with Gasteiger partial charge in [0.1, 0.15) is 11.5 Å². The smallest absolute Gasteiger partial charge is 0.272 e. The van der Waals surface area contributed by atoms with Crippen LogP contribution in [0.25, 0.3) is 0 Å². The molecule has 0 aliphatic heterocycles. The minimum atomic E-state index is 0.0844. The zero-order chi connectivity index (χ0) is 14.4. The molecule has 0 spiro atoms. The van der Waals surface area contributed by atoms with E-state index in [-0.39, 0.29) is 5.91 Å². The Balaban J connectivity index is 2.05. The third-order valence-electron chi connectivity index (χ3n) is 3.53. The van der Waals surface area contributed by atoms with Gasteiger partial charge in [0.05, 0.1) is 0 Å². The Labute approximate surface area is 121 Å². The van der Waals surface area contributed by atoms with Gasteiger partial charge in [0.15, 0.2) is 0 Å². The lowest BCUT2D eigenvalue weighted by Gasteiger charge is -2.22. The highest BCUT2D eigenvalue weighted by Crippen LogP contribution is 2.28. The van der Waals surface area contributed by atoms with Crippen LogP contribution in [0, 0.1) is 0 Å². The van der Waals surface area contributed by atoms with Crippen molar-refractivity contribution in [1.29, 1.82) is 0 Å². The van der Waals surface area contributed by atoms with E-state index in [0.717, 1.165) is 51.0 Å². The Morgan fingerprint density at radius 1 is 1.35 bits per heavy atom. The molecule has 0 bridgehead atoms. The summed E-state index contributed by atoms with van der Waals surface area (Å²) in [7, 11) is 0. The minimum Gasteiger partial charge on any atom is -0.370 e.